The minimum absolute atomic E-state index is 0.283. The molecule has 0 fully saturated rings. The highest BCUT2D eigenvalue weighted by Crippen LogP contribution is 2.47. The molecule has 0 radical (unpaired) electrons. The Balaban J connectivity index is 2.24. The van der Waals surface area contributed by atoms with Crippen LogP contribution in [0.2, 0.25) is 0 Å². The molecule has 0 bridgehead atoms. The van der Waals surface area contributed by atoms with Gasteiger partial charge in [-0.05, 0) is 31.0 Å². The number of fused-ring (bicyclic) bond motifs is 3. The highest BCUT2D eigenvalue weighted by atomic mass is 16.5. The van der Waals surface area contributed by atoms with E-state index in [0.29, 0.717) is 11.5 Å². The minimum atomic E-state index is 0.283. The summed E-state index contributed by atoms with van der Waals surface area (Å²) in [6.45, 7) is 8.15. The van der Waals surface area contributed by atoms with E-state index in [1.54, 1.807) is 0 Å². The molecule has 1 N–H and O–H groups in total. The number of rotatable bonds is 2. The van der Waals surface area contributed by atoms with Gasteiger partial charge in [0.15, 0.2) is 0 Å². The molecule has 0 aromatic heterocycles. The van der Waals surface area contributed by atoms with Crippen molar-refractivity contribution in [2.75, 3.05) is 0 Å². The van der Waals surface area contributed by atoms with E-state index in [1.165, 1.54) is 0 Å². The number of aryl methyl sites for hydroxylation is 2. The van der Waals surface area contributed by atoms with Gasteiger partial charge in [0.2, 0.25) is 0 Å². The molecule has 3 rings (SSSR count). The van der Waals surface area contributed by atoms with Gasteiger partial charge in [0, 0.05) is 11.1 Å². The monoisotopic (exact) mass is 266 g/mol. The summed E-state index contributed by atoms with van der Waals surface area (Å²) in [6.07, 6.45) is 1.96. The van der Waals surface area contributed by atoms with Crippen LogP contribution >= 0.6 is 0 Å². The summed E-state index contributed by atoms with van der Waals surface area (Å²) >= 11 is 0. The summed E-state index contributed by atoms with van der Waals surface area (Å²) < 4.78 is 5.81. The summed E-state index contributed by atoms with van der Waals surface area (Å²) in [5, 5.41) is 10.4. The first-order chi connectivity index (χ1) is 9.60. The number of phenolic OH excluding ortho intramolecular Hbond substituents is 1. The molecule has 0 saturated carbocycles. The molecule has 102 valence electrons. The van der Waals surface area contributed by atoms with E-state index in [9.17, 15) is 5.11 Å². The predicted octanol–water partition coefficient (Wildman–Crippen LogP) is 4.68. The number of ether oxygens (including phenoxy) is 1. The van der Waals surface area contributed by atoms with Crippen LogP contribution in [0, 0.1) is 6.92 Å². The lowest BCUT2D eigenvalue weighted by Gasteiger charge is -2.24. The van der Waals surface area contributed by atoms with Crippen molar-refractivity contribution >= 4 is 5.76 Å². The molecule has 2 aromatic carbocycles. The van der Waals surface area contributed by atoms with Gasteiger partial charge in [0.25, 0.3) is 0 Å². The van der Waals surface area contributed by atoms with E-state index in [2.05, 4.69) is 19.6 Å². The summed E-state index contributed by atoms with van der Waals surface area (Å²) in [6, 6.07) is 9.94. The molecule has 0 unspecified atom stereocenters. The first-order valence-corrected chi connectivity index (χ1v) is 6.94. The van der Waals surface area contributed by atoms with Gasteiger partial charge in [-0.3, -0.25) is 0 Å². The molecule has 2 nitrogen and oxygen atoms in total. The van der Waals surface area contributed by atoms with Crippen LogP contribution in [0.25, 0.3) is 16.9 Å². The van der Waals surface area contributed by atoms with Crippen molar-refractivity contribution in [2.45, 2.75) is 26.7 Å². The Hall–Kier alpha value is -2.22. The second-order valence-electron chi connectivity index (χ2n) is 5.31. The Kier molecular flexibility index (Phi) is 3.01. The molecular formula is C18H18O2. The third-order valence-electron chi connectivity index (χ3n) is 3.66. The van der Waals surface area contributed by atoms with E-state index >= 15 is 0 Å². The van der Waals surface area contributed by atoms with E-state index in [0.717, 1.165) is 40.7 Å². The van der Waals surface area contributed by atoms with Gasteiger partial charge in [-0.1, -0.05) is 43.7 Å². The van der Waals surface area contributed by atoms with Crippen molar-refractivity contribution in [2.24, 2.45) is 0 Å². The largest absolute Gasteiger partial charge is 0.507 e. The smallest absolute Gasteiger partial charge is 0.139 e. The van der Waals surface area contributed by atoms with E-state index < -0.39 is 0 Å². The molecule has 0 spiro atoms. The lowest BCUT2D eigenvalue weighted by Crippen LogP contribution is -2.05. The van der Waals surface area contributed by atoms with Crippen LogP contribution in [-0.2, 0) is 6.42 Å². The van der Waals surface area contributed by atoms with E-state index in [1.807, 2.05) is 31.2 Å². The van der Waals surface area contributed by atoms with Crippen molar-refractivity contribution in [1.82, 2.24) is 0 Å². The quantitative estimate of drug-likeness (QED) is 0.855. The fourth-order valence-corrected chi connectivity index (χ4v) is 2.74. The fourth-order valence-electron chi connectivity index (χ4n) is 2.74. The maximum absolute atomic E-state index is 10.4. The standard InChI is InChI=1S/C18H18O2/c1-4-5-13-9-16(19)18-15-8-11(2)6-7-14(15)12(3)20-17(18)10-13/h6-10,19H,3-5H2,1-2H3. The maximum atomic E-state index is 10.4. The molecule has 0 atom stereocenters. The van der Waals surface area contributed by atoms with Gasteiger partial charge >= 0.3 is 0 Å². The maximum Gasteiger partial charge on any atom is 0.139 e. The van der Waals surface area contributed by atoms with Gasteiger partial charge in [0.05, 0.1) is 5.56 Å². The minimum Gasteiger partial charge on any atom is -0.507 e. The fraction of sp³-hybridized carbons (Fsp3) is 0.222. The average Bonchev–Trinajstić information content (AvgIpc) is 2.38. The molecule has 1 aliphatic heterocycles. The number of hydrogen-bond acceptors (Lipinski definition) is 2. The van der Waals surface area contributed by atoms with Crippen LogP contribution in [-0.4, -0.2) is 5.11 Å². The molecule has 0 amide bonds. The van der Waals surface area contributed by atoms with Crippen LogP contribution in [0.5, 0.6) is 11.5 Å². The topological polar surface area (TPSA) is 29.5 Å². The van der Waals surface area contributed by atoms with Crippen LogP contribution in [0.1, 0.15) is 30.0 Å². The van der Waals surface area contributed by atoms with Crippen LogP contribution in [0.3, 0.4) is 0 Å². The summed E-state index contributed by atoms with van der Waals surface area (Å²) in [4.78, 5) is 0. The van der Waals surface area contributed by atoms with Crippen LogP contribution in [0.4, 0.5) is 0 Å². The number of benzene rings is 2. The molecular weight excluding hydrogens is 248 g/mol. The zero-order valence-electron chi connectivity index (χ0n) is 11.9. The first kappa shape index (κ1) is 12.8. The van der Waals surface area contributed by atoms with Crippen molar-refractivity contribution in [3.63, 3.8) is 0 Å². The van der Waals surface area contributed by atoms with E-state index in [4.69, 9.17) is 4.74 Å². The normalized spacial score (nSPS) is 12.6. The third-order valence-corrected chi connectivity index (χ3v) is 3.66. The van der Waals surface area contributed by atoms with Gasteiger partial charge in [-0.15, -0.1) is 0 Å². The second-order valence-corrected chi connectivity index (χ2v) is 5.31. The van der Waals surface area contributed by atoms with Gasteiger partial charge < -0.3 is 9.84 Å². The Labute approximate surface area is 119 Å². The second kappa shape index (κ2) is 4.71. The first-order valence-electron chi connectivity index (χ1n) is 6.94. The summed E-state index contributed by atoms with van der Waals surface area (Å²) in [5.41, 5.74) is 4.96. The average molecular weight is 266 g/mol. The Morgan fingerprint density at radius 3 is 2.70 bits per heavy atom. The lowest BCUT2D eigenvalue weighted by atomic mass is 9.92. The zero-order valence-corrected chi connectivity index (χ0v) is 11.9. The number of phenols is 1. The zero-order chi connectivity index (χ0) is 14.3. The molecule has 2 aromatic rings. The van der Waals surface area contributed by atoms with Crippen LogP contribution < -0.4 is 4.74 Å². The van der Waals surface area contributed by atoms with Crippen molar-refractivity contribution in [1.29, 1.82) is 0 Å². The Morgan fingerprint density at radius 2 is 1.95 bits per heavy atom. The van der Waals surface area contributed by atoms with Gasteiger partial charge in [0.1, 0.15) is 17.3 Å². The number of hydrogen-bond donors (Lipinski definition) is 1. The number of aromatic hydroxyl groups is 1. The summed E-state index contributed by atoms with van der Waals surface area (Å²) in [5.74, 6) is 1.63. The molecule has 0 aliphatic carbocycles. The highest BCUT2D eigenvalue weighted by molar-refractivity contribution is 5.89. The summed E-state index contributed by atoms with van der Waals surface area (Å²) in [7, 11) is 0. The molecule has 0 saturated heterocycles. The molecule has 1 aliphatic rings. The van der Waals surface area contributed by atoms with Crippen LogP contribution in [0.15, 0.2) is 36.9 Å². The Bertz CT molecular complexity index is 699. The molecule has 1 heterocycles. The molecule has 20 heavy (non-hydrogen) atoms. The van der Waals surface area contributed by atoms with E-state index in [-0.39, 0.29) is 5.75 Å². The SMILES string of the molecule is C=C1Oc2cc(CCC)cc(O)c2-c2cc(C)ccc21. The van der Waals surface area contributed by atoms with Crippen molar-refractivity contribution in [3.05, 3.63) is 53.6 Å². The Morgan fingerprint density at radius 1 is 1.15 bits per heavy atom. The highest BCUT2D eigenvalue weighted by Gasteiger charge is 2.24. The third kappa shape index (κ3) is 1.97. The predicted molar refractivity (Wildman–Crippen MR) is 81.9 cm³/mol. The van der Waals surface area contributed by atoms with Gasteiger partial charge in [-0.2, -0.15) is 0 Å². The van der Waals surface area contributed by atoms with Crippen molar-refractivity contribution < 1.29 is 9.84 Å². The van der Waals surface area contributed by atoms with Crippen molar-refractivity contribution in [3.8, 4) is 22.6 Å². The lowest BCUT2D eigenvalue weighted by molar-refractivity contribution is 0.463. The molecule has 2 heteroatoms. The van der Waals surface area contributed by atoms with Gasteiger partial charge in [-0.25, -0.2) is 0 Å².